The molecule has 0 saturated carbocycles. The summed E-state index contributed by atoms with van der Waals surface area (Å²) in [6.45, 7) is 0. The lowest BCUT2D eigenvalue weighted by Crippen LogP contribution is -2.00. The van der Waals surface area contributed by atoms with Gasteiger partial charge in [0.25, 0.3) is 0 Å². The molecule has 0 amide bonds. The van der Waals surface area contributed by atoms with Crippen molar-refractivity contribution in [2.24, 2.45) is 0 Å². The minimum atomic E-state index is 0.619. The molecule has 8 aromatic carbocycles. The van der Waals surface area contributed by atoms with Crippen LogP contribution < -0.4 is 0 Å². The van der Waals surface area contributed by atoms with Crippen molar-refractivity contribution in [1.82, 2.24) is 24.6 Å². The van der Waals surface area contributed by atoms with E-state index in [0.717, 1.165) is 83.3 Å². The summed E-state index contributed by atoms with van der Waals surface area (Å²) in [6, 6.07) is 78.1. The molecule has 11 aromatic rings. The number of hydrogen-bond acceptors (Lipinski definition) is 4. The minimum Gasteiger partial charge on any atom is -0.231 e. The molecule has 11 rings (SSSR count). The lowest BCUT2D eigenvalue weighted by Gasteiger charge is -2.14. The molecular weight excluding hydrogens is 743 g/mol. The highest BCUT2D eigenvalue weighted by molar-refractivity contribution is 6.12. The van der Waals surface area contributed by atoms with Crippen LogP contribution in [-0.2, 0) is 0 Å². The van der Waals surface area contributed by atoms with Crippen molar-refractivity contribution in [2.45, 2.75) is 0 Å². The van der Waals surface area contributed by atoms with Crippen LogP contribution in [0.2, 0.25) is 0 Å². The number of aromatic nitrogens is 5. The van der Waals surface area contributed by atoms with Gasteiger partial charge in [0.2, 0.25) is 0 Å². The summed E-state index contributed by atoms with van der Waals surface area (Å²) >= 11 is 0. The third-order valence-electron chi connectivity index (χ3n) is 11.3. The highest BCUT2D eigenvalue weighted by atomic mass is 15.2. The molecule has 0 N–H and O–H groups in total. The van der Waals surface area contributed by atoms with Crippen molar-refractivity contribution in [3.8, 4) is 90.1 Å². The molecule has 0 aliphatic rings. The summed E-state index contributed by atoms with van der Waals surface area (Å²) in [4.78, 5) is 15.1. The quantitative estimate of drug-likeness (QED) is 0.154. The highest BCUT2D eigenvalue weighted by Crippen LogP contribution is 2.43. The zero-order valence-corrected chi connectivity index (χ0v) is 33.1. The standard InChI is InChI=1S/C56H37N5/c1-6-17-38(18-7-1)39-29-33-45(34-30-39)55-57-54(44-25-14-5-15-26-44)58-56(59-55)46-35-31-40(32-36-46)47-27-16-28-48-49(47)37-50(41-19-8-2-9-20-41)61-53(48)51(42-21-10-3-11-22-42)52(60-61)43-23-12-4-13-24-43/h1-37H. The van der Waals surface area contributed by atoms with Gasteiger partial charge in [0.15, 0.2) is 17.5 Å². The number of nitrogens with zero attached hydrogens (tertiary/aromatic N) is 5. The van der Waals surface area contributed by atoms with Gasteiger partial charge >= 0.3 is 0 Å². The molecular formula is C56H37N5. The number of fused-ring (bicyclic) bond motifs is 3. The zero-order chi connectivity index (χ0) is 40.5. The first-order valence-electron chi connectivity index (χ1n) is 20.5. The van der Waals surface area contributed by atoms with E-state index >= 15 is 0 Å². The first-order valence-corrected chi connectivity index (χ1v) is 20.5. The number of pyridine rings is 1. The smallest absolute Gasteiger partial charge is 0.164 e. The van der Waals surface area contributed by atoms with Crippen LogP contribution >= 0.6 is 0 Å². The average Bonchev–Trinajstić information content (AvgIpc) is 3.76. The molecule has 3 aromatic heterocycles. The van der Waals surface area contributed by atoms with E-state index in [-0.39, 0.29) is 0 Å². The largest absolute Gasteiger partial charge is 0.231 e. The van der Waals surface area contributed by atoms with Gasteiger partial charge in [-0.2, -0.15) is 5.10 Å². The Bertz CT molecular complexity index is 3290. The summed E-state index contributed by atoms with van der Waals surface area (Å²) < 4.78 is 2.15. The van der Waals surface area contributed by atoms with Gasteiger partial charge in [0, 0.05) is 38.8 Å². The fourth-order valence-corrected chi connectivity index (χ4v) is 8.30. The van der Waals surface area contributed by atoms with Crippen LogP contribution in [0.15, 0.2) is 224 Å². The van der Waals surface area contributed by atoms with E-state index in [4.69, 9.17) is 20.1 Å². The van der Waals surface area contributed by atoms with Gasteiger partial charge in [0.05, 0.1) is 11.2 Å². The lowest BCUT2D eigenvalue weighted by molar-refractivity contribution is 0.979. The molecule has 5 nitrogen and oxygen atoms in total. The number of rotatable bonds is 8. The van der Waals surface area contributed by atoms with Crippen LogP contribution in [0, 0.1) is 0 Å². The molecule has 0 aliphatic heterocycles. The fraction of sp³-hybridized carbons (Fsp3) is 0. The third kappa shape index (κ3) is 6.74. The van der Waals surface area contributed by atoms with Crippen LogP contribution in [0.1, 0.15) is 0 Å². The molecule has 0 saturated heterocycles. The van der Waals surface area contributed by atoms with Crippen molar-refractivity contribution in [3.05, 3.63) is 224 Å². The number of hydrogen-bond donors (Lipinski definition) is 0. The summed E-state index contributed by atoms with van der Waals surface area (Å²) in [6.07, 6.45) is 0. The molecule has 0 unspecified atom stereocenters. The molecule has 5 heteroatoms. The predicted octanol–water partition coefficient (Wildman–Crippen LogP) is 14.0. The Kier molecular flexibility index (Phi) is 9.10. The van der Waals surface area contributed by atoms with Crippen LogP contribution in [0.3, 0.4) is 0 Å². The van der Waals surface area contributed by atoms with Gasteiger partial charge in [-0.05, 0) is 39.3 Å². The number of benzene rings is 8. The Hall–Kier alpha value is -8.28. The molecule has 0 fully saturated rings. The third-order valence-corrected chi connectivity index (χ3v) is 11.3. The monoisotopic (exact) mass is 779 g/mol. The molecule has 0 radical (unpaired) electrons. The van der Waals surface area contributed by atoms with E-state index in [2.05, 4.69) is 193 Å². The van der Waals surface area contributed by atoms with Gasteiger partial charge in [-0.25, -0.2) is 19.5 Å². The van der Waals surface area contributed by atoms with Crippen LogP contribution in [0.5, 0.6) is 0 Å². The van der Waals surface area contributed by atoms with Crippen molar-refractivity contribution >= 4 is 16.3 Å². The summed E-state index contributed by atoms with van der Waals surface area (Å²) in [5, 5.41) is 7.68. The Morgan fingerprint density at radius 1 is 0.295 bits per heavy atom. The topological polar surface area (TPSA) is 56.0 Å². The SMILES string of the molecule is c1ccc(-c2ccc(-c3nc(-c4ccccc4)nc(-c4ccc(-c5cccc6c5cc(-c5ccccc5)n5nc(-c7ccccc7)c(-c7ccccc7)c65)cc4)n3)cc2)cc1. The van der Waals surface area contributed by atoms with Crippen molar-refractivity contribution < 1.29 is 0 Å². The normalized spacial score (nSPS) is 11.3. The first-order chi connectivity index (χ1) is 30.2. The van der Waals surface area contributed by atoms with Crippen LogP contribution in [0.4, 0.5) is 0 Å². The predicted molar refractivity (Wildman–Crippen MR) is 250 cm³/mol. The minimum absolute atomic E-state index is 0.619. The van der Waals surface area contributed by atoms with Crippen LogP contribution in [-0.4, -0.2) is 24.6 Å². The molecule has 0 aliphatic carbocycles. The Morgan fingerprint density at radius 3 is 1.25 bits per heavy atom. The molecule has 286 valence electrons. The van der Waals surface area contributed by atoms with Crippen molar-refractivity contribution in [3.63, 3.8) is 0 Å². The molecule has 61 heavy (non-hydrogen) atoms. The van der Waals surface area contributed by atoms with E-state index in [0.29, 0.717) is 17.5 Å². The van der Waals surface area contributed by atoms with E-state index in [1.807, 2.05) is 36.4 Å². The maximum absolute atomic E-state index is 5.41. The van der Waals surface area contributed by atoms with Crippen molar-refractivity contribution in [2.75, 3.05) is 0 Å². The van der Waals surface area contributed by atoms with E-state index in [1.165, 1.54) is 5.56 Å². The zero-order valence-electron chi connectivity index (χ0n) is 33.1. The summed E-state index contributed by atoms with van der Waals surface area (Å²) in [7, 11) is 0. The maximum Gasteiger partial charge on any atom is 0.164 e. The molecule has 0 spiro atoms. The fourth-order valence-electron chi connectivity index (χ4n) is 8.30. The van der Waals surface area contributed by atoms with Gasteiger partial charge in [-0.3, -0.25) is 0 Å². The second-order valence-corrected chi connectivity index (χ2v) is 15.1. The van der Waals surface area contributed by atoms with Gasteiger partial charge in [0.1, 0.15) is 5.69 Å². The summed E-state index contributed by atoms with van der Waals surface area (Å²) in [5.74, 6) is 1.88. The molecule has 0 bridgehead atoms. The van der Waals surface area contributed by atoms with Gasteiger partial charge in [-0.15, -0.1) is 0 Å². The van der Waals surface area contributed by atoms with E-state index in [9.17, 15) is 0 Å². The second-order valence-electron chi connectivity index (χ2n) is 15.1. The average molecular weight is 780 g/mol. The Balaban J connectivity index is 1.06. The summed E-state index contributed by atoms with van der Waals surface area (Å²) in [5.41, 5.74) is 14.7. The van der Waals surface area contributed by atoms with Crippen molar-refractivity contribution in [1.29, 1.82) is 0 Å². The molecule has 3 heterocycles. The van der Waals surface area contributed by atoms with Crippen LogP contribution in [0.25, 0.3) is 106 Å². The van der Waals surface area contributed by atoms with Gasteiger partial charge in [-0.1, -0.05) is 218 Å². The maximum atomic E-state index is 5.41. The first kappa shape index (κ1) is 35.8. The second kappa shape index (κ2) is 15.5. The molecule has 0 atom stereocenters. The van der Waals surface area contributed by atoms with E-state index in [1.54, 1.807) is 0 Å². The van der Waals surface area contributed by atoms with E-state index < -0.39 is 0 Å². The Labute approximate surface area is 354 Å². The Morgan fingerprint density at radius 2 is 0.705 bits per heavy atom. The van der Waals surface area contributed by atoms with Gasteiger partial charge < -0.3 is 0 Å². The highest BCUT2D eigenvalue weighted by Gasteiger charge is 2.23. The lowest BCUT2D eigenvalue weighted by atomic mass is 9.93.